The first kappa shape index (κ1) is 21.6. The van der Waals surface area contributed by atoms with Crippen LogP contribution in [0, 0.1) is 11.3 Å². The normalized spacial score (nSPS) is 13.4. The molecule has 0 atom stereocenters. The minimum atomic E-state index is 0.121. The van der Waals surface area contributed by atoms with Crippen LogP contribution in [0.1, 0.15) is 24.1 Å². The van der Waals surface area contributed by atoms with E-state index in [9.17, 15) is 5.26 Å². The van der Waals surface area contributed by atoms with Gasteiger partial charge in [0.2, 0.25) is 5.95 Å². The van der Waals surface area contributed by atoms with E-state index in [1.54, 1.807) is 24.7 Å². The zero-order valence-corrected chi connectivity index (χ0v) is 18.1. The van der Waals surface area contributed by atoms with Crippen LogP contribution >= 0.6 is 0 Å². The summed E-state index contributed by atoms with van der Waals surface area (Å²) in [6, 6.07) is 9.77. The fourth-order valence-electron chi connectivity index (χ4n) is 3.69. The average Bonchev–Trinajstić information content (AvgIpc) is 3.35. The summed E-state index contributed by atoms with van der Waals surface area (Å²) in [5.41, 5.74) is 3.71. The Morgan fingerprint density at radius 2 is 2.00 bits per heavy atom. The van der Waals surface area contributed by atoms with Gasteiger partial charge in [0.1, 0.15) is 11.9 Å². The van der Waals surface area contributed by atoms with Crippen LogP contribution < -0.4 is 10.2 Å². The Bertz CT molecular complexity index is 1090. The maximum absolute atomic E-state index is 9.62. The number of nitrogens with one attached hydrogen (secondary N) is 1. The number of nitriles is 1. The molecular formula is C23H26N8O. The van der Waals surface area contributed by atoms with Gasteiger partial charge in [0.05, 0.1) is 35.4 Å². The third kappa shape index (κ3) is 5.17. The number of aliphatic hydroxyl groups is 1. The van der Waals surface area contributed by atoms with Crippen molar-refractivity contribution in [1.29, 1.82) is 5.26 Å². The highest BCUT2D eigenvalue weighted by molar-refractivity contribution is 5.67. The van der Waals surface area contributed by atoms with Gasteiger partial charge < -0.3 is 15.3 Å². The first-order chi connectivity index (χ1) is 15.7. The summed E-state index contributed by atoms with van der Waals surface area (Å²) in [6.07, 6.45) is 7.43. The van der Waals surface area contributed by atoms with E-state index in [1.807, 2.05) is 30.1 Å². The van der Waals surface area contributed by atoms with Crippen LogP contribution in [0.25, 0.3) is 11.3 Å². The van der Waals surface area contributed by atoms with Crippen molar-refractivity contribution in [3.8, 4) is 17.3 Å². The Balaban J connectivity index is 1.48. The minimum absolute atomic E-state index is 0.121. The van der Waals surface area contributed by atoms with E-state index in [-0.39, 0.29) is 6.61 Å². The number of nitrogens with zero attached hydrogens (tertiary/aromatic N) is 7. The zero-order chi connectivity index (χ0) is 22.3. The largest absolute Gasteiger partial charge is 0.395 e. The first-order valence-corrected chi connectivity index (χ1v) is 10.7. The minimum Gasteiger partial charge on any atom is -0.395 e. The monoisotopic (exact) mass is 430 g/mol. The van der Waals surface area contributed by atoms with Crippen LogP contribution in [0.15, 0.2) is 42.9 Å². The van der Waals surface area contributed by atoms with Crippen LogP contribution in [0.2, 0.25) is 0 Å². The Kier molecular flexibility index (Phi) is 6.84. The van der Waals surface area contributed by atoms with Crippen molar-refractivity contribution in [1.82, 2.24) is 24.8 Å². The molecule has 0 unspecified atom stereocenters. The number of aromatic nitrogens is 4. The molecule has 2 N–H and O–H groups in total. The fourth-order valence-corrected chi connectivity index (χ4v) is 3.69. The summed E-state index contributed by atoms with van der Waals surface area (Å²) >= 11 is 0. The van der Waals surface area contributed by atoms with Crippen molar-refractivity contribution in [2.75, 3.05) is 43.5 Å². The van der Waals surface area contributed by atoms with Gasteiger partial charge in [0.15, 0.2) is 0 Å². The third-order valence-electron chi connectivity index (χ3n) is 5.34. The van der Waals surface area contributed by atoms with Crippen molar-refractivity contribution in [3.63, 3.8) is 0 Å². The van der Waals surface area contributed by atoms with Gasteiger partial charge in [0.25, 0.3) is 0 Å². The Morgan fingerprint density at radius 3 is 2.72 bits per heavy atom. The standard InChI is InChI=1S/C23H26N8O/c1-30(10-11-32)16-20-5-4-19(15-26-20)28-23-25-7-6-21(29-23)18-12-17(13-24)22(27-14-18)31-8-2-3-9-31/h4-7,12,14-15,32H,2-3,8-11,16H2,1H3,(H,25,28,29). The molecule has 164 valence electrons. The van der Waals surface area contributed by atoms with Crippen LogP contribution in [-0.2, 0) is 6.54 Å². The molecule has 3 aromatic rings. The maximum Gasteiger partial charge on any atom is 0.227 e. The molecule has 0 bridgehead atoms. The topological polar surface area (TPSA) is 114 Å². The zero-order valence-electron chi connectivity index (χ0n) is 18.1. The fraction of sp³-hybridized carbons (Fsp3) is 0.348. The van der Waals surface area contributed by atoms with Gasteiger partial charge in [-0.25, -0.2) is 15.0 Å². The molecule has 9 nitrogen and oxygen atoms in total. The van der Waals surface area contributed by atoms with Crippen LogP contribution in [-0.4, -0.2) is 63.2 Å². The maximum atomic E-state index is 9.62. The molecule has 1 aliphatic rings. The SMILES string of the molecule is CN(CCO)Cc1ccc(Nc2nccc(-c3cnc(N4CCCC4)c(C#N)c3)n2)cn1. The molecule has 0 radical (unpaired) electrons. The van der Waals surface area contributed by atoms with Crippen LogP contribution in [0.4, 0.5) is 17.5 Å². The Labute approximate surface area is 187 Å². The molecule has 3 aromatic heterocycles. The van der Waals surface area contributed by atoms with Crippen molar-refractivity contribution in [2.45, 2.75) is 19.4 Å². The first-order valence-electron chi connectivity index (χ1n) is 10.7. The number of likely N-dealkylation sites (N-methyl/N-ethyl adjacent to an activating group) is 1. The van der Waals surface area contributed by atoms with Crippen molar-refractivity contribution in [2.24, 2.45) is 0 Å². The second-order valence-electron chi connectivity index (χ2n) is 7.79. The summed E-state index contributed by atoms with van der Waals surface area (Å²) < 4.78 is 0. The summed E-state index contributed by atoms with van der Waals surface area (Å²) in [5, 5.41) is 21.8. The molecule has 1 saturated heterocycles. The number of pyridine rings is 2. The molecule has 4 heterocycles. The molecular weight excluding hydrogens is 404 g/mol. The molecule has 0 saturated carbocycles. The highest BCUT2D eigenvalue weighted by Gasteiger charge is 2.18. The molecule has 0 spiro atoms. The van der Waals surface area contributed by atoms with Crippen molar-refractivity contribution < 1.29 is 5.11 Å². The molecule has 1 fully saturated rings. The lowest BCUT2D eigenvalue weighted by molar-refractivity contribution is 0.216. The van der Waals surface area contributed by atoms with Gasteiger partial charge in [-0.2, -0.15) is 5.26 Å². The predicted molar refractivity (Wildman–Crippen MR) is 122 cm³/mol. The third-order valence-corrected chi connectivity index (χ3v) is 5.34. The number of rotatable bonds is 8. The lowest BCUT2D eigenvalue weighted by Crippen LogP contribution is -2.21. The average molecular weight is 431 g/mol. The van der Waals surface area contributed by atoms with Crippen LogP contribution in [0.3, 0.4) is 0 Å². The summed E-state index contributed by atoms with van der Waals surface area (Å²) in [4.78, 5) is 22.1. The highest BCUT2D eigenvalue weighted by atomic mass is 16.3. The van der Waals surface area contributed by atoms with Crippen molar-refractivity contribution in [3.05, 3.63) is 54.1 Å². The van der Waals surface area contributed by atoms with E-state index in [2.05, 4.69) is 36.2 Å². The second-order valence-corrected chi connectivity index (χ2v) is 7.79. The predicted octanol–water partition coefficient (Wildman–Crippen LogP) is 2.57. The lowest BCUT2D eigenvalue weighted by atomic mass is 10.1. The van der Waals surface area contributed by atoms with Crippen LogP contribution in [0.5, 0.6) is 0 Å². The molecule has 1 aliphatic heterocycles. The van der Waals surface area contributed by atoms with Gasteiger partial charge in [-0.05, 0) is 44.2 Å². The lowest BCUT2D eigenvalue weighted by Gasteiger charge is -2.18. The quantitative estimate of drug-likeness (QED) is 0.556. The molecule has 9 heteroatoms. The van der Waals surface area contributed by atoms with E-state index in [1.165, 1.54) is 0 Å². The van der Waals surface area contributed by atoms with E-state index in [4.69, 9.17) is 5.11 Å². The Morgan fingerprint density at radius 1 is 1.16 bits per heavy atom. The molecule has 0 aromatic carbocycles. The van der Waals surface area contributed by atoms with Crippen molar-refractivity contribution >= 4 is 17.5 Å². The number of hydrogen-bond donors (Lipinski definition) is 2. The summed E-state index contributed by atoms with van der Waals surface area (Å²) in [7, 11) is 1.94. The van der Waals surface area contributed by atoms with E-state index >= 15 is 0 Å². The number of hydrogen-bond acceptors (Lipinski definition) is 9. The van der Waals surface area contributed by atoms with Gasteiger partial charge in [-0.1, -0.05) is 0 Å². The van der Waals surface area contributed by atoms with E-state index < -0.39 is 0 Å². The Hall–Kier alpha value is -3.61. The highest BCUT2D eigenvalue weighted by Crippen LogP contribution is 2.26. The molecule has 0 aliphatic carbocycles. The summed E-state index contributed by atoms with van der Waals surface area (Å²) in [6.45, 7) is 3.26. The molecule has 0 amide bonds. The van der Waals surface area contributed by atoms with Gasteiger partial charge in [0, 0.05) is 44.1 Å². The van der Waals surface area contributed by atoms with Gasteiger partial charge in [-0.3, -0.25) is 9.88 Å². The second kappa shape index (κ2) is 10.1. The van der Waals surface area contributed by atoms with Gasteiger partial charge in [-0.15, -0.1) is 0 Å². The molecule has 32 heavy (non-hydrogen) atoms. The summed E-state index contributed by atoms with van der Waals surface area (Å²) in [5.74, 6) is 1.19. The van der Waals surface area contributed by atoms with E-state index in [0.717, 1.165) is 48.7 Å². The number of anilines is 3. The number of aliphatic hydroxyl groups excluding tert-OH is 1. The van der Waals surface area contributed by atoms with E-state index in [0.29, 0.717) is 30.3 Å². The molecule has 4 rings (SSSR count). The smallest absolute Gasteiger partial charge is 0.227 e. The van der Waals surface area contributed by atoms with Gasteiger partial charge >= 0.3 is 0 Å².